The number of hydrogen-bond donors (Lipinski definition) is 0. The zero-order valence-electron chi connectivity index (χ0n) is 10.9. The van der Waals surface area contributed by atoms with Crippen molar-refractivity contribution in [3.05, 3.63) is 63.1 Å². The summed E-state index contributed by atoms with van der Waals surface area (Å²) in [4.78, 5) is 0. The zero-order valence-corrected chi connectivity index (χ0v) is 13.2. The molecule has 106 valence electrons. The molecule has 0 spiro atoms. The standard InChI is InChI=1S/C15H12BrClF2O/c1-8-10(4-3-5-11(8)16)15(17)14-12(18)6-9(20-2)7-13(14)19/h3-7,15H,1-2H3. The molecular formula is C15H12BrClF2O. The van der Waals surface area contributed by atoms with Crippen LogP contribution in [0.1, 0.15) is 22.1 Å². The topological polar surface area (TPSA) is 9.23 Å². The van der Waals surface area contributed by atoms with Crippen molar-refractivity contribution in [1.29, 1.82) is 0 Å². The van der Waals surface area contributed by atoms with Gasteiger partial charge >= 0.3 is 0 Å². The summed E-state index contributed by atoms with van der Waals surface area (Å²) < 4.78 is 33.8. The minimum Gasteiger partial charge on any atom is -0.497 e. The van der Waals surface area contributed by atoms with Crippen molar-refractivity contribution < 1.29 is 13.5 Å². The average molecular weight is 362 g/mol. The lowest BCUT2D eigenvalue weighted by Gasteiger charge is -2.16. The molecule has 0 heterocycles. The van der Waals surface area contributed by atoms with E-state index in [-0.39, 0.29) is 11.3 Å². The monoisotopic (exact) mass is 360 g/mol. The smallest absolute Gasteiger partial charge is 0.134 e. The molecule has 0 saturated heterocycles. The fourth-order valence-corrected chi connectivity index (χ4v) is 2.80. The molecule has 2 rings (SSSR count). The van der Waals surface area contributed by atoms with Crippen LogP contribution in [-0.2, 0) is 0 Å². The molecule has 2 aromatic rings. The van der Waals surface area contributed by atoms with Gasteiger partial charge in [-0.1, -0.05) is 28.1 Å². The first-order chi connectivity index (χ1) is 9.45. The van der Waals surface area contributed by atoms with Gasteiger partial charge in [0.1, 0.15) is 17.4 Å². The molecule has 0 saturated carbocycles. The Balaban J connectivity index is 2.54. The van der Waals surface area contributed by atoms with Crippen LogP contribution in [0, 0.1) is 18.6 Å². The largest absolute Gasteiger partial charge is 0.497 e. The number of halogens is 4. The van der Waals surface area contributed by atoms with Crippen molar-refractivity contribution >= 4 is 27.5 Å². The fraction of sp³-hybridized carbons (Fsp3) is 0.200. The molecule has 0 aromatic heterocycles. The summed E-state index contributed by atoms with van der Waals surface area (Å²) in [5.74, 6) is -1.32. The number of alkyl halides is 1. The number of rotatable bonds is 3. The van der Waals surface area contributed by atoms with Crippen LogP contribution >= 0.6 is 27.5 Å². The first kappa shape index (κ1) is 15.3. The molecule has 0 N–H and O–H groups in total. The highest BCUT2D eigenvalue weighted by Crippen LogP contribution is 2.37. The summed E-state index contributed by atoms with van der Waals surface area (Å²) in [6.45, 7) is 1.84. The van der Waals surface area contributed by atoms with Gasteiger partial charge in [0.05, 0.1) is 12.5 Å². The number of methoxy groups -OCH3 is 1. The molecule has 0 aliphatic carbocycles. The summed E-state index contributed by atoms with van der Waals surface area (Å²) in [5.41, 5.74) is 1.33. The van der Waals surface area contributed by atoms with E-state index in [1.807, 2.05) is 13.0 Å². The van der Waals surface area contributed by atoms with E-state index in [9.17, 15) is 8.78 Å². The van der Waals surface area contributed by atoms with Gasteiger partial charge in [-0.25, -0.2) is 8.78 Å². The third-order valence-electron chi connectivity index (χ3n) is 3.12. The lowest BCUT2D eigenvalue weighted by Crippen LogP contribution is -2.04. The van der Waals surface area contributed by atoms with E-state index in [4.69, 9.17) is 16.3 Å². The van der Waals surface area contributed by atoms with E-state index < -0.39 is 17.0 Å². The van der Waals surface area contributed by atoms with Crippen molar-refractivity contribution in [3.63, 3.8) is 0 Å². The summed E-state index contributed by atoms with van der Waals surface area (Å²) in [7, 11) is 1.35. The predicted octanol–water partition coefficient (Wildman–Crippen LogP) is 5.37. The number of benzene rings is 2. The maximum atomic E-state index is 14.1. The normalized spacial score (nSPS) is 12.3. The van der Waals surface area contributed by atoms with Crippen LogP contribution in [0.3, 0.4) is 0 Å². The van der Waals surface area contributed by atoms with E-state index in [1.165, 1.54) is 7.11 Å². The van der Waals surface area contributed by atoms with Crippen LogP contribution in [0.4, 0.5) is 8.78 Å². The van der Waals surface area contributed by atoms with Gasteiger partial charge in [-0.3, -0.25) is 0 Å². The third kappa shape index (κ3) is 2.81. The summed E-state index contributed by atoms with van der Waals surface area (Å²) in [6.07, 6.45) is 0. The second-order valence-electron chi connectivity index (χ2n) is 4.32. The maximum absolute atomic E-state index is 14.1. The molecule has 0 fully saturated rings. The third-order valence-corrected chi connectivity index (χ3v) is 4.44. The van der Waals surface area contributed by atoms with Gasteiger partial charge < -0.3 is 4.74 Å². The Morgan fingerprint density at radius 1 is 1.20 bits per heavy atom. The second-order valence-corrected chi connectivity index (χ2v) is 5.61. The zero-order chi connectivity index (χ0) is 14.9. The van der Waals surface area contributed by atoms with Gasteiger partial charge in [-0.05, 0) is 24.1 Å². The van der Waals surface area contributed by atoms with E-state index in [1.54, 1.807) is 12.1 Å². The van der Waals surface area contributed by atoms with Crippen LogP contribution in [0.25, 0.3) is 0 Å². The molecule has 0 bridgehead atoms. The van der Waals surface area contributed by atoms with Crippen LogP contribution in [0.15, 0.2) is 34.8 Å². The molecule has 1 atom stereocenters. The fourth-order valence-electron chi connectivity index (χ4n) is 1.98. The van der Waals surface area contributed by atoms with Gasteiger partial charge in [0.25, 0.3) is 0 Å². The van der Waals surface area contributed by atoms with Crippen molar-refractivity contribution in [2.24, 2.45) is 0 Å². The predicted molar refractivity (Wildman–Crippen MR) is 79.5 cm³/mol. The average Bonchev–Trinajstić information content (AvgIpc) is 2.40. The molecule has 1 unspecified atom stereocenters. The highest BCUT2D eigenvalue weighted by Gasteiger charge is 2.23. The van der Waals surface area contributed by atoms with Crippen LogP contribution in [0.2, 0.25) is 0 Å². The summed E-state index contributed by atoms with van der Waals surface area (Å²) in [5, 5.41) is -0.904. The maximum Gasteiger partial charge on any atom is 0.134 e. The van der Waals surface area contributed by atoms with E-state index >= 15 is 0 Å². The van der Waals surface area contributed by atoms with Crippen LogP contribution in [-0.4, -0.2) is 7.11 Å². The molecule has 0 radical (unpaired) electrons. The number of ether oxygens (including phenoxy) is 1. The van der Waals surface area contributed by atoms with Crippen LogP contribution in [0.5, 0.6) is 5.75 Å². The number of hydrogen-bond acceptors (Lipinski definition) is 1. The van der Waals surface area contributed by atoms with Gasteiger partial charge in [0, 0.05) is 22.2 Å². The minimum absolute atomic E-state index is 0.124. The molecule has 5 heteroatoms. The van der Waals surface area contributed by atoms with E-state index in [0.717, 1.165) is 22.2 Å². The molecule has 0 aliphatic rings. The second kappa shape index (κ2) is 6.10. The van der Waals surface area contributed by atoms with Crippen LogP contribution < -0.4 is 4.74 Å². The van der Waals surface area contributed by atoms with Gasteiger partial charge in [-0.2, -0.15) is 0 Å². The molecule has 1 nitrogen and oxygen atoms in total. The lowest BCUT2D eigenvalue weighted by molar-refractivity contribution is 0.405. The Bertz CT molecular complexity index is 623. The van der Waals surface area contributed by atoms with E-state index in [2.05, 4.69) is 15.9 Å². The summed E-state index contributed by atoms with van der Waals surface area (Å²) >= 11 is 9.65. The van der Waals surface area contributed by atoms with Gasteiger partial charge in [0.2, 0.25) is 0 Å². The van der Waals surface area contributed by atoms with E-state index in [0.29, 0.717) is 5.56 Å². The highest BCUT2D eigenvalue weighted by atomic mass is 79.9. The lowest BCUT2D eigenvalue weighted by atomic mass is 9.99. The van der Waals surface area contributed by atoms with Crippen molar-refractivity contribution in [3.8, 4) is 5.75 Å². The Morgan fingerprint density at radius 2 is 1.80 bits per heavy atom. The Kier molecular flexibility index (Phi) is 4.66. The molecule has 0 aliphatic heterocycles. The Labute approximate surface area is 129 Å². The molecule has 2 aromatic carbocycles. The van der Waals surface area contributed by atoms with Crippen molar-refractivity contribution in [2.45, 2.75) is 12.3 Å². The molecular weight excluding hydrogens is 350 g/mol. The summed E-state index contributed by atoms with van der Waals surface area (Å²) in [6, 6.07) is 7.63. The van der Waals surface area contributed by atoms with Crippen molar-refractivity contribution in [1.82, 2.24) is 0 Å². The van der Waals surface area contributed by atoms with Gasteiger partial charge in [0.15, 0.2) is 0 Å². The Morgan fingerprint density at radius 3 is 2.35 bits per heavy atom. The first-order valence-corrected chi connectivity index (χ1v) is 7.10. The minimum atomic E-state index is -0.904. The quantitative estimate of drug-likeness (QED) is 0.668. The molecule has 0 amide bonds. The SMILES string of the molecule is COc1cc(F)c(C(Cl)c2cccc(Br)c2C)c(F)c1. The van der Waals surface area contributed by atoms with Crippen molar-refractivity contribution in [2.75, 3.05) is 7.11 Å². The first-order valence-electron chi connectivity index (χ1n) is 5.87. The van der Waals surface area contributed by atoms with Gasteiger partial charge in [-0.15, -0.1) is 11.6 Å². The highest BCUT2D eigenvalue weighted by molar-refractivity contribution is 9.10. The molecule has 20 heavy (non-hydrogen) atoms. The Hall–Kier alpha value is -1.13.